The van der Waals surface area contributed by atoms with Crippen molar-refractivity contribution in [1.82, 2.24) is 15.5 Å². The Labute approximate surface area is 114 Å². The number of hydrogen-bond donors (Lipinski definition) is 2. The fourth-order valence-corrected chi connectivity index (χ4v) is 2.27. The van der Waals surface area contributed by atoms with Crippen LogP contribution in [0.3, 0.4) is 0 Å². The molecule has 0 saturated heterocycles. The van der Waals surface area contributed by atoms with Crippen LogP contribution < -0.4 is 5.32 Å². The highest BCUT2D eigenvalue weighted by Gasteiger charge is 2.20. The molecule has 3 rings (SSSR count). The van der Waals surface area contributed by atoms with Crippen molar-refractivity contribution in [2.75, 3.05) is 0 Å². The first-order valence-electron chi connectivity index (χ1n) is 7.22. The van der Waals surface area contributed by atoms with E-state index in [1.807, 2.05) is 0 Å². The van der Waals surface area contributed by atoms with Gasteiger partial charge in [0.15, 0.2) is 0 Å². The molecule has 1 heterocycles. The van der Waals surface area contributed by atoms with E-state index in [0.29, 0.717) is 0 Å². The molecule has 3 heteroatoms. The van der Waals surface area contributed by atoms with Crippen LogP contribution in [0.4, 0.5) is 0 Å². The molecule has 1 aromatic heterocycles. The molecule has 0 atom stereocenters. The quantitative estimate of drug-likeness (QED) is 0.831. The molecule has 3 nitrogen and oxygen atoms in total. The van der Waals surface area contributed by atoms with Gasteiger partial charge in [0.1, 0.15) is 0 Å². The van der Waals surface area contributed by atoms with E-state index in [0.717, 1.165) is 24.7 Å². The fraction of sp³-hybridized carbons (Fsp3) is 0.438. The molecule has 1 aromatic carbocycles. The second kappa shape index (κ2) is 5.57. The Balaban J connectivity index is 1.66. The van der Waals surface area contributed by atoms with Crippen molar-refractivity contribution in [2.24, 2.45) is 0 Å². The van der Waals surface area contributed by atoms with E-state index in [1.54, 1.807) is 0 Å². The molecule has 1 fully saturated rings. The van der Waals surface area contributed by atoms with Crippen LogP contribution in [0.25, 0.3) is 11.3 Å². The molecule has 0 amide bonds. The van der Waals surface area contributed by atoms with Crippen LogP contribution in [0.1, 0.15) is 37.4 Å². The maximum Gasteiger partial charge on any atom is 0.0924 e. The highest BCUT2D eigenvalue weighted by atomic mass is 15.1. The zero-order valence-electron chi connectivity index (χ0n) is 11.4. The van der Waals surface area contributed by atoms with Gasteiger partial charge in [-0.05, 0) is 30.9 Å². The van der Waals surface area contributed by atoms with Crippen molar-refractivity contribution in [3.63, 3.8) is 0 Å². The first kappa shape index (κ1) is 12.4. The summed E-state index contributed by atoms with van der Waals surface area (Å²) in [5.41, 5.74) is 4.79. The lowest BCUT2D eigenvalue weighted by molar-refractivity contribution is 0.672. The molecule has 0 unspecified atom stereocenters. The Morgan fingerprint density at radius 2 is 2.05 bits per heavy atom. The van der Waals surface area contributed by atoms with Crippen molar-refractivity contribution in [2.45, 2.75) is 45.2 Å². The summed E-state index contributed by atoms with van der Waals surface area (Å²) in [7, 11) is 0. The van der Waals surface area contributed by atoms with Crippen LogP contribution in [0, 0.1) is 0 Å². The minimum Gasteiger partial charge on any atom is -0.308 e. The van der Waals surface area contributed by atoms with Crippen LogP contribution >= 0.6 is 0 Å². The van der Waals surface area contributed by atoms with Crippen molar-refractivity contribution in [3.05, 3.63) is 41.6 Å². The summed E-state index contributed by atoms with van der Waals surface area (Å²) in [6.07, 6.45) is 4.98. The number of aryl methyl sites for hydroxylation is 1. The largest absolute Gasteiger partial charge is 0.308 e. The maximum absolute atomic E-state index is 4.40. The van der Waals surface area contributed by atoms with Crippen LogP contribution in [0.5, 0.6) is 0 Å². The summed E-state index contributed by atoms with van der Waals surface area (Å²) >= 11 is 0. The number of aromatic amines is 1. The smallest absolute Gasteiger partial charge is 0.0924 e. The standard InChI is InChI=1S/C16H21N3/c1-2-3-12-4-6-13(7-5-12)16-10-15(18-19-16)11-17-14-8-9-14/h4-7,10,14,17H,2-3,8-9,11H2,1H3,(H,18,19). The van der Waals surface area contributed by atoms with Gasteiger partial charge in [0.05, 0.1) is 5.69 Å². The third kappa shape index (κ3) is 3.24. The number of aromatic nitrogens is 2. The number of rotatable bonds is 6. The zero-order valence-corrected chi connectivity index (χ0v) is 11.4. The maximum atomic E-state index is 4.40. The fourth-order valence-electron chi connectivity index (χ4n) is 2.27. The van der Waals surface area contributed by atoms with Crippen LogP contribution in [0.15, 0.2) is 30.3 Å². The van der Waals surface area contributed by atoms with Crippen LogP contribution in [-0.2, 0) is 13.0 Å². The number of benzene rings is 1. The van der Waals surface area contributed by atoms with Gasteiger partial charge in [0.25, 0.3) is 0 Å². The molecular weight excluding hydrogens is 234 g/mol. The van der Waals surface area contributed by atoms with Gasteiger partial charge in [-0.2, -0.15) is 5.10 Å². The Bertz CT molecular complexity index is 523. The number of nitrogens with zero attached hydrogens (tertiary/aromatic N) is 1. The first-order chi connectivity index (χ1) is 9.35. The van der Waals surface area contributed by atoms with Gasteiger partial charge < -0.3 is 5.32 Å². The molecule has 0 bridgehead atoms. The van der Waals surface area contributed by atoms with Crippen LogP contribution in [-0.4, -0.2) is 16.2 Å². The van der Waals surface area contributed by atoms with Gasteiger partial charge in [-0.15, -0.1) is 0 Å². The van der Waals surface area contributed by atoms with E-state index in [2.05, 4.69) is 52.8 Å². The number of H-pyrrole nitrogens is 1. The van der Waals surface area contributed by atoms with E-state index in [1.165, 1.54) is 36.1 Å². The van der Waals surface area contributed by atoms with Crippen molar-refractivity contribution >= 4 is 0 Å². The summed E-state index contributed by atoms with van der Waals surface area (Å²) in [4.78, 5) is 0. The molecule has 1 saturated carbocycles. The molecule has 2 aromatic rings. The SMILES string of the molecule is CCCc1ccc(-c2cc(CNC3CC3)[nH]n2)cc1. The molecule has 19 heavy (non-hydrogen) atoms. The predicted molar refractivity (Wildman–Crippen MR) is 77.9 cm³/mol. The topological polar surface area (TPSA) is 40.7 Å². The van der Waals surface area contributed by atoms with E-state index in [-0.39, 0.29) is 0 Å². The van der Waals surface area contributed by atoms with E-state index >= 15 is 0 Å². The van der Waals surface area contributed by atoms with Gasteiger partial charge in [-0.1, -0.05) is 37.6 Å². The van der Waals surface area contributed by atoms with E-state index < -0.39 is 0 Å². The number of nitrogens with one attached hydrogen (secondary N) is 2. The third-order valence-electron chi connectivity index (χ3n) is 3.58. The first-order valence-corrected chi connectivity index (χ1v) is 7.22. The minimum absolute atomic E-state index is 0.736. The molecule has 0 aliphatic heterocycles. The van der Waals surface area contributed by atoms with Gasteiger partial charge in [-0.25, -0.2) is 0 Å². The van der Waals surface area contributed by atoms with Crippen molar-refractivity contribution in [1.29, 1.82) is 0 Å². The lowest BCUT2D eigenvalue weighted by atomic mass is 10.1. The van der Waals surface area contributed by atoms with Crippen LogP contribution in [0.2, 0.25) is 0 Å². The van der Waals surface area contributed by atoms with Gasteiger partial charge in [0.2, 0.25) is 0 Å². The Hall–Kier alpha value is -1.61. The summed E-state index contributed by atoms with van der Waals surface area (Å²) in [5.74, 6) is 0. The highest BCUT2D eigenvalue weighted by Crippen LogP contribution is 2.21. The molecule has 2 N–H and O–H groups in total. The summed E-state index contributed by atoms with van der Waals surface area (Å²) in [5, 5.41) is 11.0. The molecular formula is C16H21N3. The van der Waals surface area contributed by atoms with Crippen molar-refractivity contribution in [3.8, 4) is 11.3 Å². The van der Waals surface area contributed by atoms with E-state index in [9.17, 15) is 0 Å². The summed E-state index contributed by atoms with van der Waals surface area (Å²) in [6.45, 7) is 3.10. The minimum atomic E-state index is 0.736. The zero-order chi connectivity index (χ0) is 13.1. The lowest BCUT2D eigenvalue weighted by Crippen LogP contribution is -2.15. The van der Waals surface area contributed by atoms with Gasteiger partial charge >= 0.3 is 0 Å². The highest BCUT2D eigenvalue weighted by molar-refractivity contribution is 5.59. The summed E-state index contributed by atoms with van der Waals surface area (Å²) in [6, 6.07) is 11.6. The molecule has 1 aliphatic carbocycles. The lowest BCUT2D eigenvalue weighted by Gasteiger charge is -2.00. The third-order valence-corrected chi connectivity index (χ3v) is 3.58. The van der Waals surface area contributed by atoms with E-state index in [4.69, 9.17) is 0 Å². The average molecular weight is 255 g/mol. The monoisotopic (exact) mass is 255 g/mol. The average Bonchev–Trinajstić information content (AvgIpc) is 3.15. The molecule has 100 valence electrons. The Morgan fingerprint density at radius 1 is 1.26 bits per heavy atom. The normalized spacial score (nSPS) is 14.8. The Kier molecular flexibility index (Phi) is 3.65. The molecule has 0 spiro atoms. The van der Waals surface area contributed by atoms with Gasteiger partial charge in [0, 0.05) is 23.8 Å². The number of hydrogen-bond acceptors (Lipinski definition) is 2. The Morgan fingerprint density at radius 3 is 2.74 bits per heavy atom. The van der Waals surface area contributed by atoms with Gasteiger partial charge in [-0.3, -0.25) is 5.10 Å². The summed E-state index contributed by atoms with van der Waals surface area (Å²) < 4.78 is 0. The molecule has 1 aliphatic rings. The molecule has 0 radical (unpaired) electrons. The van der Waals surface area contributed by atoms with Crippen molar-refractivity contribution < 1.29 is 0 Å². The second-order valence-corrected chi connectivity index (χ2v) is 5.38. The second-order valence-electron chi connectivity index (χ2n) is 5.38. The predicted octanol–water partition coefficient (Wildman–Crippen LogP) is 3.28.